The number of fused-ring (bicyclic) bond motifs is 18. The van der Waals surface area contributed by atoms with Gasteiger partial charge in [-0.3, -0.25) is 9.97 Å². The number of rotatable bonds is 3. The molecule has 0 saturated heterocycles. The van der Waals surface area contributed by atoms with Crippen LogP contribution in [0.5, 0.6) is 0 Å². The van der Waals surface area contributed by atoms with Gasteiger partial charge >= 0.3 is 0 Å². The smallest absolute Gasteiger partial charge is 0.0991 e. The summed E-state index contributed by atoms with van der Waals surface area (Å²) in [5.41, 5.74) is 16.4. The van der Waals surface area contributed by atoms with Crippen LogP contribution in [0.3, 0.4) is 0 Å². The number of para-hydroxylation sites is 4. The predicted octanol–water partition coefficient (Wildman–Crippen LogP) is 14.5. The lowest BCUT2D eigenvalue weighted by atomic mass is 9.67. The molecule has 2 aliphatic rings. The minimum atomic E-state index is -0.692. The maximum absolute atomic E-state index is 9.87. The molecular formula is C60H34N6S. The summed E-state index contributed by atoms with van der Waals surface area (Å²) in [4.78, 5) is 12.8. The Morgan fingerprint density at radius 3 is 1.58 bits per heavy atom. The van der Waals surface area contributed by atoms with E-state index in [1.165, 1.54) is 53.5 Å². The van der Waals surface area contributed by atoms with Crippen molar-refractivity contribution in [3.63, 3.8) is 0 Å². The molecule has 1 atom stereocenters. The Labute approximate surface area is 388 Å². The van der Waals surface area contributed by atoms with Gasteiger partial charge in [-0.15, -0.1) is 0 Å². The summed E-state index contributed by atoms with van der Waals surface area (Å²) in [7, 11) is 0. The maximum Gasteiger partial charge on any atom is 0.0991 e. The lowest BCUT2D eigenvalue weighted by Gasteiger charge is -2.39. The van der Waals surface area contributed by atoms with Crippen LogP contribution in [0.2, 0.25) is 0 Å². The molecule has 7 heteroatoms. The summed E-state index contributed by atoms with van der Waals surface area (Å²) < 4.78 is 7.14. The number of benzene rings is 8. The van der Waals surface area contributed by atoms with E-state index in [9.17, 15) is 5.26 Å². The van der Waals surface area contributed by atoms with E-state index in [-0.39, 0.29) is 0 Å². The molecule has 0 radical (unpaired) electrons. The number of nitriles is 1. The van der Waals surface area contributed by atoms with Crippen molar-refractivity contribution >= 4 is 77.2 Å². The molecule has 67 heavy (non-hydrogen) atoms. The fraction of sp³-hybridized carbons (Fsp3) is 0.0167. The van der Waals surface area contributed by atoms with E-state index in [0.717, 1.165) is 72.4 Å². The summed E-state index contributed by atoms with van der Waals surface area (Å²) in [6.45, 7) is 0. The molecule has 1 aliphatic heterocycles. The molecule has 1 spiro atoms. The monoisotopic (exact) mass is 870 g/mol. The molecule has 0 N–H and O–H groups in total. The summed E-state index contributed by atoms with van der Waals surface area (Å²) in [5, 5.41) is 16.9. The third-order valence-corrected chi connectivity index (χ3v) is 15.5. The third-order valence-electron chi connectivity index (χ3n) is 14.4. The second-order valence-electron chi connectivity index (χ2n) is 17.6. The van der Waals surface area contributed by atoms with Crippen LogP contribution in [0.1, 0.15) is 27.8 Å². The SMILES string of the molecule is N#Cc1ccc2c(c1)c1ccccc1n2-c1cnc2c(c1)C1(c3ccccc3Sc3cc(-n4c5ccccc5c5cc(-n6c7ccccc7c7ccccc76)ccc54)ccc31)c1cccnc1-2. The number of hydrogen-bond donors (Lipinski definition) is 0. The number of hydrogen-bond acceptors (Lipinski definition) is 4. The summed E-state index contributed by atoms with van der Waals surface area (Å²) in [6, 6.07) is 72.5. The molecule has 1 unspecified atom stereocenters. The molecule has 1 aliphatic carbocycles. The molecule has 0 saturated carbocycles. The zero-order valence-electron chi connectivity index (χ0n) is 35.7. The van der Waals surface area contributed by atoms with Crippen molar-refractivity contribution in [1.29, 1.82) is 5.26 Å². The van der Waals surface area contributed by atoms with Gasteiger partial charge in [0.1, 0.15) is 0 Å². The van der Waals surface area contributed by atoms with Gasteiger partial charge in [-0.1, -0.05) is 115 Å². The van der Waals surface area contributed by atoms with Gasteiger partial charge in [0, 0.05) is 65.2 Å². The molecule has 5 aromatic heterocycles. The maximum atomic E-state index is 9.87. The van der Waals surface area contributed by atoms with Crippen molar-refractivity contribution in [1.82, 2.24) is 23.7 Å². The van der Waals surface area contributed by atoms with Crippen LogP contribution in [-0.2, 0) is 5.41 Å². The lowest BCUT2D eigenvalue weighted by Crippen LogP contribution is -2.32. The average molecular weight is 871 g/mol. The van der Waals surface area contributed by atoms with E-state index in [1.54, 1.807) is 0 Å². The van der Waals surface area contributed by atoms with Crippen LogP contribution >= 0.6 is 11.8 Å². The molecule has 15 rings (SSSR count). The van der Waals surface area contributed by atoms with E-state index < -0.39 is 5.41 Å². The number of aromatic nitrogens is 5. The molecule has 0 amide bonds. The summed E-state index contributed by atoms with van der Waals surface area (Å²) in [6.07, 6.45) is 3.88. The molecule has 13 aromatic rings. The van der Waals surface area contributed by atoms with E-state index in [0.29, 0.717) is 5.56 Å². The van der Waals surface area contributed by atoms with E-state index in [1.807, 2.05) is 36.3 Å². The van der Waals surface area contributed by atoms with Crippen molar-refractivity contribution in [2.45, 2.75) is 15.2 Å². The van der Waals surface area contributed by atoms with Crippen LogP contribution in [0.15, 0.2) is 216 Å². The highest BCUT2D eigenvalue weighted by molar-refractivity contribution is 7.99. The normalized spacial score (nSPS) is 14.9. The van der Waals surface area contributed by atoms with Gasteiger partial charge in [-0.2, -0.15) is 5.26 Å². The van der Waals surface area contributed by atoms with Crippen LogP contribution in [-0.4, -0.2) is 23.7 Å². The molecule has 310 valence electrons. The topological polar surface area (TPSA) is 64.4 Å². The predicted molar refractivity (Wildman–Crippen MR) is 271 cm³/mol. The van der Waals surface area contributed by atoms with Gasteiger partial charge in [0.15, 0.2) is 0 Å². The van der Waals surface area contributed by atoms with E-state index in [4.69, 9.17) is 9.97 Å². The third kappa shape index (κ3) is 4.79. The molecular weight excluding hydrogens is 837 g/mol. The summed E-state index contributed by atoms with van der Waals surface area (Å²) in [5.74, 6) is 0. The van der Waals surface area contributed by atoms with Crippen molar-refractivity contribution in [3.05, 3.63) is 234 Å². The quantitative estimate of drug-likeness (QED) is 0.177. The first-order chi connectivity index (χ1) is 33.2. The fourth-order valence-electron chi connectivity index (χ4n) is 11.7. The summed E-state index contributed by atoms with van der Waals surface area (Å²) >= 11 is 1.84. The van der Waals surface area contributed by atoms with E-state index in [2.05, 4.69) is 202 Å². The molecule has 8 aromatic carbocycles. The Morgan fingerprint density at radius 1 is 0.388 bits per heavy atom. The van der Waals surface area contributed by atoms with Crippen LogP contribution in [0.25, 0.3) is 93.9 Å². The molecule has 0 fully saturated rings. The minimum Gasteiger partial charge on any atom is -0.309 e. The van der Waals surface area contributed by atoms with Crippen molar-refractivity contribution < 1.29 is 0 Å². The Bertz CT molecular complexity index is 4300. The minimum absolute atomic E-state index is 0.639. The van der Waals surface area contributed by atoms with Crippen molar-refractivity contribution in [2.75, 3.05) is 0 Å². The molecule has 0 bridgehead atoms. The van der Waals surface area contributed by atoms with Gasteiger partial charge in [-0.05, 0) is 108 Å². The largest absolute Gasteiger partial charge is 0.309 e. The standard InChI is InChI=1S/C60H34N6S/c61-34-36-23-27-54-44(30-36)42-14-3-9-21-53(42)66(54)39-32-49-59(63-35-39)58-48(17-11-29-62-58)60(49)46-16-5-10-22-56(46)67-57-33-38(24-26-47(57)60)65-52-20-8-4-15-43(52)45-31-37(25-28-55(45)65)64-50-18-6-1-12-40(50)41-13-2-7-19-51(41)64/h1-33,35H. The van der Waals surface area contributed by atoms with Crippen molar-refractivity contribution in [3.8, 4) is 34.5 Å². The van der Waals surface area contributed by atoms with Crippen molar-refractivity contribution in [2.24, 2.45) is 0 Å². The number of nitrogens with zero attached hydrogens (tertiary/aromatic N) is 6. The highest BCUT2D eigenvalue weighted by Crippen LogP contribution is 2.62. The lowest BCUT2D eigenvalue weighted by molar-refractivity contribution is 0.718. The second-order valence-corrected chi connectivity index (χ2v) is 18.7. The highest BCUT2D eigenvalue weighted by atomic mass is 32.2. The zero-order valence-corrected chi connectivity index (χ0v) is 36.5. The van der Waals surface area contributed by atoms with Gasteiger partial charge < -0.3 is 13.7 Å². The second kappa shape index (κ2) is 13.4. The highest BCUT2D eigenvalue weighted by Gasteiger charge is 2.52. The van der Waals surface area contributed by atoms with Gasteiger partial charge in [0.25, 0.3) is 0 Å². The van der Waals surface area contributed by atoms with Crippen LogP contribution in [0.4, 0.5) is 0 Å². The Hall–Kier alpha value is -8.70. The molecule has 6 nitrogen and oxygen atoms in total. The average Bonchev–Trinajstić information content (AvgIpc) is 4.10. The van der Waals surface area contributed by atoms with Gasteiger partial charge in [-0.25, -0.2) is 0 Å². The molecule has 6 heterocycles. The Morgan fingerprint density at radius 2 is 0.896 bits per heavy atom. The first kappa shape index (κ1) is 36.6. The van der Waals surface area contributed by atoms with Crippen LogP contribution < -0.4 is 0 Å². The Balaban J connectivity index is 0.958. The van der Waals surface area contributed by atoms with Gasteiger partial charge in [0.2, 0.25) is 0 Å². The van der Waals surface area contributed by atoms with Gasteiger partial charge in [0.05, 0.1) is 73.4 Å². The van der Waals surface area contributed by atoms with E-state index >= 15 is 0 Å². The first-order valence-corrected chi connectivity index (χ1v) is 23.3. The zero-order chi connectivity index (χ0) is 44.0. The fourth-order valence-corrected chi connectivity index (χ4v) is 13.0. The Kier molecular flexibility index (Phi) is 7.34. The first-order valence-electron chi connectivity index (χ1n) is 22.5. The van der Waals surface area contributed by atoms with Crippen LogP contribution in [0, 0.1) is 11.3 Å². The number of pyridine rings is 2.